The summed E-state index contributed by atoms with van der Waals surface area (Å²) in [6.45, 7) is 7.90. The predicted molar refractivity (Wildman–Crippen MR) is 76.9 cm³/mol. The Morgan fingerprint density at radius 2 is 1.53 bits per heavy atom. The van der Waals surface area contributed by atoms with Crippen molar-refractivity contribution in [3.05, 3.63) is 41.5 Å². The summed E-state index contributed by atoms with van der Waals surface area (Å²) in [7, 11) is 0. The van der Waals surface area contributed by atoms with Crippen molar-refractivity contribution in [3.8, 4) is 0 Å². The molecule has 0 amide bonds. The van der Waals surface area contributed by atoms with Gasteiger partial charge in [0.1, 0.15) is 0 Å². The second-order valence-electron chi connectivity index (χ2n) is 6.34. The fourth-order valence-electron chi connectivity index (χ4n) is 3.37. The van der Waals surface area contributed by atoms with E-state index in [1.54, 1.807) is 0 Å². The molecule has 3 heteroatoms. The molecule has 0 aliphatic carbocycles. The van der Waals surface area contributed by atoms with Crippen molar-refractivity contribution in [2.24, 2.45) is 0 Å². The summed E-state index contributed by atoms with van der Waals surface area (Å²) >= 11 is 0. The molecular weight excluding hydrogens is 236 g/mol. The van der Waals surface area contributed by atoms with Crippen LogP contribution in [0.15, 0.2) is 30.3 Å². The third-order valence-electron chi connectivity index (χ3n) is 4.41. The Hall–Kier alpha value is -1.58. The van der Waals surface area contributed by atoms with Crippen LogP contribution in [0.2, 0.25) is 0 Å². The average Bonchev–Trinajstić information content (AvgIpc) is 2.36. The molecule has 0 bridgehead atoms. The van der Waals surface area contributed by atoms with E-state index in [9.17, 15) is 5.21 Å². The first-order chi connectivity index (χ1) is 8.78. The van der Waals surface area contributed by atoms with Crippen LogP contribution in [0.5, 0.6) is 0 Å². The molecule has 19 heavy (non-hydrogen) atoms. The van der Waals surface area contributed by atoms with Gasteiger partial charge in [0.05, 0.1) is 11.1 Å². The fraction of sp³-hybridized carbons (Fsp3) is 0.375. The lowest BCUT2D eigenvalue weighted by atomic mass is 9.75. The molecule has 1 heterocycles. The first-order valence-corrected chi connectivity index (χ1v) is 6.57. The summed E-state index contributed by atoms with van der Waals surface area (Å²) < 4.78 is 0. The van der Waals surface area contributed by atoms with E-state index >= 15 is 0 Å². The average molecular weight is 255 g/mol. The number of nitrogens with zero attached hydrogens (tertiary/aromatic N) is 1. The summed E-state index contributed by atoms with van der Waals surface area (Å²) in [5.41, 5.74) is 7.87. The molecule has 2 N–H and O–H groups in total. The van der Waals surface area contributed by atoms with E-state index in [4.69, 9.17) is 5.73 Å². The van der Waals surface area contributed by atoms with Crippen molar-refractivity contribution >= 4 is 16.5 Å². The molecule has 0 aromatic heterocycles. The zero-order valence-corrected chi connectivity index (χ0v) is 11.8. The first-order valence-electron chi connectivity index (χ1n) is 6.57. The number of hydroxylamine groups is 2. The summed E-state index contributed by atoms with van der Waals surface area (Å²) in [6, 6.07) is 9.93. The van der Waals surface area contributed by atoms with Gasteiger partial charge < -0.3 is 5.73 Å². The van der Waals surface area contributed by atoms with E-state index in [1.807, 2.05) is 58.0 Å². The molecule has 0 fully saturated rings. The minimum Gasteiger partial charge on any atom is -0.398 e. The summed E-state index contributed by atoms with van der Waals surface area (Å²) in [5.74, 6) is 0. The van der Waals surface area contributed by atoms with Gasteiger partial charge in [-0.2, -0.15) is 0 Å². The Morgan fingerprint density at radius 3 is 2.16 bits per heavy atom. The quantitative estimate of drug-likeness (QED) is 0.732. The van der Waals surface area contributed by atoms with Crippen LogP contribution in [-0.4, -0.2) is 5.06 Å². The van der Waals surface area contributed by atoms with Gasteiger partial charge in [-0.05, 0) is 50.3 Å². The normalized spacial score (nSPS) is 20.7. The van der Waals surface area contributed by atoms with Gasteiger partial charge in [-0.3, -0.25) is 0 Å². The van der Waals surface area contributed by atoms with Crippen LogP contribution in [-0.2, 0) is 16.3 Å². The minimum atomic E-state index is -0.552. The second kappa shape index (κ2) is 3.50. The molecule has 0 atom stereocenters. The molecule has 1 aliphatic heterocycles. The molecule has 1 aliphatic rings. The molecule has 3 nitrogen and oxygen atoms in total. The smallest absolute Gasteiger partial charge is 0.0701 e. The van der Waals surface area contributed by atoms with Crippen molar-refractivity contribution in [3.63, 3.8) is 0 Å². The third-order valence-corrected chi connectivity index (χ3v) is 4.41. The van der Waals surface area contributed by atoms with Crippen LogP contribution >= 0.6 is 0 Å². The Balaban J connectivity index is 2.54. The van der Waals surface area contributed by atoms with Crippen LogP contribution < -0.4 is 5.73 Å². The maximum Gasteiger partial charge on any atom is 0.0701 e. The fourth-order valence-corrected chi connectivity index (χ4v) is 3.37. The molecule has 2 aromatic carbocycles. The van der Waals surface area contributed by atoms with E-state index in [1.165, 1.54) is 5.06 Å². The highest BCUT2D eigenvalue weighted by atomic mass is 16.5. The van der Waals surface area contributed by atoms with E-state index in [0.29, 0.717) is 0 Å². The Kier molecular flexibility index (Phi) is 2.29. The number of hydrogen-bond donors (Lipinski definition) is 1. The lowest BCUT2D eigenvalue weighted by Gasteiger charge is -2.47. The Bertz CT molecular complexity index is 651. The summed E-state index contributed by atoms with van der Waals surface area (Å²) in [6.07, 6.45) is 0. The largest absolute Gasteiger partial charge is 0.398 e. The first kappa shape index (κ1) is 12.5. The highest BCUT2D eigenvalue weighted by Crippen LogP contribution is 2.48. The minimum absolute atomic E-state index is 0.552. The van der Waals surface area contributed by atoms with Crippen LogP contribution in [0.3, 0.4) is 0 Å². The van der Waals surface area contributed by atoms with Gasteiger partial charge in [0.25, 0.3) is 0 Å². The molecule has 3 rings (SSSR count). The van der Waals surface area contributed by atoms with Crippen LogP contribution in [0.25, 0.3) is 10.8 Å². The number of rotatable bonds is 0. The van der Waals surface area contributed by atoms with Crippen LogP contribution in [0.1, 0.15) is 38.8 Å². The predicted octanol–water partition coefficient (Wildman–Crippen LogP) is 3.55. The second-order valence-corrected chi connectivity index (χ2v) is 6.34. The van der Waals surface area contributed by atoms with Crippen LogP contribution in [0.4, 0.5) is 5.69 Å². The van der Waals surface area contributed by atoms with Gasteiger partial charge in [0.2, 0.25) is 0 Å². The zero-order chi connectivity index (χ0) is 14.0. The maximum absolute atomic E-state index is 12.7. The molecule has 1 radical (unpaired) electrons. The van der Waals surface area contributed by atoms with E-state index in [-0.39, 0.29) is 0 Å². The highest BCUT2D eigenvalue weighted by molar-refractivity contribution is 5.99. The SMILES string of the molecule is CC1(C)c2cccc3c(N)ccc(c23)C(C)(C)N1[O]. The number of nitrogens with two attached hydrogens (primary N) is 1. The number of anilines is 1. The van der Waals surface area contributed by atoms with Gasteiger partial charge in [-0.15, -0.1) is 10.3 Å². The highest BCUT2D eigenvalue weighted by Gasteiger charge is 2.46. The third kappa shape index (κ3) is 1.40. The molecule has 0 unspecified atom stereocenters. The summed E-state index contributed by atoms with van der Waals surface area (Å²) in [4.78, 5) is 0. The van der Waals surface area contributed by atoms with E-state index in [2.05, 4.69) is 0 Å². The summed E-state index contributed by atoms with van der Waals surface area (Å²) in [5, 5.41) is 16.1. The van der Waals surface area contributed by atoms with Crippen molar-refractivity contribution in [1.82, 2.24) is 5.06 Å². The molecular formula is C16H19N2O. The number of nitrogen functional groups attached to an aromatic ring is 1. The van der Waals surface area contributed by atoms with Crippen molar-refractivity contribution in [2.75, 3.05) is 5.73 Å². The molecule has 0 spiro atoms. The number of benzene rings is 2. The van der Waals surface area contributed by atoms with Crippen molar-refractivity contribution in [1.29, 1.82) is 0 Å². The van der Waals surface area contributed by atoms with Gasteiger partial charge >= 0.3 is 0 Å². The maximum atomic E-state index is 12.7. The van der Waals surface area contributed by atoms with Gasteiger partial charge in [-0.25, -0.2) is 0 Å². The topological polar surface area (TPSA) is 49.2 Å². The van der Waals surface area contributed by atoms with Crippen LogP contribution in [0, 0.1) is 0 Å². The monoisotopic (exact) mass is 255 g/mol. The Labute approximate surface area is 113 Å². The van der Waals surface area contributed by atoms with Gasteiger partial charge in [0.15, 0.2) is 0 Å². The molecule has 2 aromatic rings. The van der Waals surface area contributed by atoms with E-state index < -0.39 is 11.1 Å². The zero-order valence-electron chi connectivity index (χ0n) is 11.8. The molecule has 0 saturated carbocycles. The number of hydrogen-bond acceptors (Lipinski definition) is 2. The Morgan fingerprint density at radius 1 is 0.947 bits per heavy atom. The standard InChI is InChI=1S/C16H19N2O/c1-15(2)11-7-5-6-10-13(17)9-8-12(14(10)11)16(3,4)18(15)19/h5-9H,17H2,1-4H3. The van der Waals surface area contributed by atoms with Gasteiger partial charge in [-0.1, -0.05) is 24.3 Å². The molecule has 0 saturated heterocycles. The van der Waals surface area contributed by atoms with Crippen molar-refractivity contribution < 1.29 is 5.21 Å². The lowest BCUT2D eigenvalue weighted by molar-refractivity contribution is -0.281. The lowest BCUT2D eigenvalue weighted by Crippen LogP contribution is -2.52. The van der Waals surface area contributed by atoms with E-state index in [0.717, 1.165) is 27.6 Å². The van der Waals surface area contributed by atoms with Crippen molar-refractivity contribution in [2.45, 2.75) is 38.8 Å². The molecule has 99 valence electrons. The van der Waals surface area contributed by atoms with Gasteiger partial charge in [0, 0.05) is 11.1 Å².